The first kappa shape index (κ1) is 13.0. The predicted octanol–water partition coefficient (Wildman–Crippen LogP) is 2.50. The Morgan fingerprint density at radius 2 is 2.31 bits per heavy atom. The number of carbonyl (C=O) groups is 1. The number of carbonyl (C=O) groups excluding carboxylic acids is 1. The Kier molecular flexibility index (Phi) is 5.26. The normalized spacial score (nSPS) is 12.2. The van der Waals surface area contributed by atoms with Gasteiger partial charge in [0.2, 0.25) is 5.91 Å². The number of alkyl halides is 1. The van der Waals surface area contributed by atoms with Crippen LogP contribution in [0.5, 0.6) is 0 Å². The zero-order valence-corrected chi connectivity index (χ0v) is 9.93. The van der Waals surface area contributed by atoms with Crippen LogP contribution in [-0.4, -0.2) is 17.8 Å². The molecule has 1 amide bonds. The third-order valence-electron chi connectivity index (χ3n) is 2.30. The van der Waals surface area contributed by atoms with E-state index in [-0.39, 0.29) is 24.2 Å². The minimum atomic E-state index is -0.324. The number of amides is 1. The van der Waals surface area contributed by atoms with Crippen LogP contribution in [0.2, 0.25) is 0 Å². The summed E-state index contributed by atoms with van der Waals surface area (Å²) in [7, 11) is 0. The first-order valence-electron chi connectivity index (χ1n) is 5.25. The maximum atomic E-state index is 12.9. The highest BCUT2D eigenvalue weighted by molar-refractivity contribution is 6.18. The van der Waals surface area contributed by atoms with E-state index in [2.05, 4.69) is 5.32 Å². The van der Waals surface area contributed by atoms with Gasteiger partial charge in [0.15, 0.2) is 0 Å². The van der Waals surface area contributed by atoms with Crippen LogP contribution >= 0.6 is 11.6 Å². The Bertz CT molecular complexity index is 353. The second kappa shape index (κ2) is 6.48. The summed E-state index contributed by atoms with van der Waals surface area (Å²) in [6, 6.07) is 6.03. The topological polar surface area (TPSA) is 29.1 Å². The monoisotopic (exact) mass is 243 g/mol. The Hall–Kier alpha value is -1.09. The number of benzene rings is 1. The highest BCUT2D eigenvalue weighted by atomic mass is 35.5. The van der Waals surface area contributed by atoms with Gasteiger partial charge in [-0.2, -0.15) is 0 Å². The molecule has 0 saturated heterocycles. The molecule has 0 saturated carbocycles. The quantitative estimate of drug-likeness (QED) is 0.791. The molecule has 0 aliphatic carbocycles. The zero-order valence-electron chi connectivity index (χ0n) is 9.17. The van der Waals surface area contributed by atoms with Crippen molar-refractivity contribution in [3.05, 3.63) is 35.6 Å². The second-order valence-corrected chi connectivity index (χ2v) is 3.94. The van der Waals surface area contributed by atoms with E-state index in [4.69, 9.17) is 11.6 Å². The van der Waals surface area contributed by atoms with Gasteiger partial charge < -0.3 is 5.32 Å². The van der Waals surface area contributed by atoms with Crippen LogP contribution < -0.4 is 5.32 Å². The molecular weight excluding hydrogens is 229 g/mol. The number of hydrogen-bond acceptors (Lipinski definition) is 1. The molecule has 88 valence electrons. The summed E-state index contributed by atoms with van der Waals surface area (Å²) >= 11 is 5.67. The average molecular weight is 244 g/mol. The van der Waals surface area contributed by atoms with E-state index in [9.17, 15) is 9.18 Å². The lowest BCUT2D eigenvalue weighted by molar-refractivity contribution is -0.121. The molecule has 0 aliphatic rings. The van der Waals surface area contributed by atoms with Crippen LogP contribution in [0, 0.1) is 5.82 Å². The van der Waals surface area contributed by atoms with Crippen LogP contribution in [0.25, 0.3) is 0 Å². The zero-order chi connectivity index (χ0) is 12.0. The smallest absolute Gasteiger partial charge is 0.224 e. The molecular formula is C12H15ClFNO. The van der Waals surface area contributed by atoms with Crippen molar-refractivity contribution in [3.63, 3.8) is 0 Å². The molecule has 1 aromatic carbocycles. The molecule has 16 heavy (non-hydrogen) atoms. The molecule has 1 rings (SSSR count). The highest BCUT2D eigenvalue weighted by Crippen LogP contribution is 2.04. The molecule has 1 atom stereocenters. The molecule has 0 spiro atoms. The summed E-state index contributed by atoms with van der Waals surface area (Å²) in [6.07, 6.45) is 0.976. The van der Waals surface area contributed by atoms with Crippen molar-refractivity contribution < 1.29 is 9.18 Å². The van der Waals surface area contributed by atoms with Crippen LogP contribution in [-0.2, 0) is 11.2 Å². The summed E-state index contributed by atoms with van der Waals surface area (Å²) < 4.78 is 12.9. The van der Waals surface area contributed by atoms with Gasteiger partial charge >= 0.3 is 0 Å². The third-order valence-corrected chi connectivity index (χ3v) is 2.67. The molecule has 1 aromatic rings. The molecule has 0 bridgehead atoms. The molecule has 1 unspecified atom stereocenters. The molecule has 1 N–H and O–H groups in total. The molecule has 0 aliphatic heterocycles. The Morgan fingerprint density at radius 1 is 1.56 bits per heavy atom. The average Bonchev–Trinajstić information content (AvgIpc) is 2.26. The van der Waals surface area contributed by atoms with Crippen molar-refractivity contribution >= 4 is 17.5 Å². The Morgan fingerprint density at radius 3 is 2.88 bits per heavy atom. The van der Waals surface area contributed by atoms with Crippen molar-refractivity contribution in [3.8, 4) is 0 Å². The highest BCUT2D eigenvalue weighted by Gasteiger charge is 2.09. The van der Waals surface area contributed by atoms with E-state index >= 15 is 0 Å². The fourth-order valence-electron chi connectivity index (χ4n) is 1.36. The minimum Gasteiger partial charge on any atom is -0.352 e. The predicted molar refractivity (Wildman–Crippen MR) is 63.0 cm³/mol. The molecule has 0 radical (unpaired) electrons. The second-order valence-electron chi connectivity index (χ2n) is 3.63. The van der Waals surface area contributed by atoms with Gasteiger partial charge in [-0.25, -0.2) is 4.39 Å². The molecule has 0 aromatic heterocycles. The van der Waals surface area contributed by atoms with Crippen molar-refractivity contribution in [1.29, 1.82) is 0 Å². The molecule has 2 nitrogen and oxygen atoms in total. The van der Waals surface area contributed by atoms with Gasteiger partial charge in [0.25, 0.3) is 0 Å². The SMILES string of the molecule is CCC(CCl)NC(=O)Cc1cccc(F)c1. The van der Waals surface area contributed by atoms with E-state index in [1.54, 1.807) is 12.1 Å². The van der Waals surface area contributed by atoms with Gasteiger partial charge in [0.1, 0.15) is 5.82 Å². The van der Waals surface area contributed by atoms with Gasteiger partial charge in [0.05, 0.1) is 6.42 Å². The summed E-state index contributed by atoms with van der Waals surface area (Å²) in [6.45, 7) is 1.95. The van der Waals surface area contributed by atoms with Gasteiger partial charge in [0, 0.05) is 11.9 Å². The lowest BCUT2D eigenvalue weighted by atomic mass is 10.1. The summed E-state index contributed by atoms with van der Waals surface area (Å²) in [4.78, 5) is 11.6. The van der Waals surface area contributed by atoms with Crippen molar-refractivity contribution in [2.75, 3.05) is 5.88 Å². The summed E-state index contributed by atoms with van der Waals surface area (Å²) in [5, 5.41) is 2.79. The number of rotatable bonds is 5. The lowest BCUT2D eigenvalue weighted by Gasteiger charge is -2.13. The maximum absolute atomic E-state index is 12.9. The van der Waals surface area contributed by atoms with Crippen LogP contribution in [0.3, 0.4) is 0 Å². The number of nitrogens with one attached hydrogen (secondary N) is 1. The van der Waals surface area contributed by atoms with Crippen LogP contribution in [0.1, 0.15) is 18.9 Å². The standard InChI is InChI=1S/C12H15ClFNO/c1-2-11(8-13)15-12(16)7-9-4-3-5-10(14)6-9/h3-6,11H,2,7-8H2,1H3,(H,15,16). The molecule has 4 heteroatoms. The molecule has 0 heterocycles. The Balaban J connectivity index is 2.51. The van der Waals surface area contributed by atoms with Gasteiger partial charge in [-0.1, -0.05) is 19.1 Å². The maximum Gasteiger partial charge on any atom is 0.224 e. The van der Waals surface area contributed by atoms with Crippen molar-refractivity contribution in [1.82, 2.24) is 5.32 Å². The van der Waals surface area contributed by atoms with E-state index in [1.807, 2.05) is 6.92 Å². The fourth-order valence-corrected chi connectivity index (χ4v) is 1.66. The minimum absolute atomic E-state index is 0.0114. The summed E-state index contributed by atoms with van der Waals surface area (Å²) in [5.74, 6) is -0.0569. The van der Waals surface area contributed by atoms with E-state index in [1.165, 1.54) is 12.1 Å². The Labute approximate surface area is 99.8 Å². The van der Waals surface area contributed by atoms with Gasteiger partial charge in [-0.3, -0.25) is 4.79 Å². The van der Waals surface area contributed by atoms with Crippen molar-refractivity contribution in [2.45, 2.75) is 25.8 Å². The largest absolute Gasteiger partial charge is 0.352 e. The van der Waals surface area contributed by atoms with Gasteiger partial charge in [-0.05, 0) is 24.1 Å². The van der Waals surface area contributed by atoms with Gasteiger partial charge in [-0.15, -0.1) is 11.6 Å². The lowest BCUT2D eigenvalue weighted by Crippen LogP contribution is -2.36. The van der Waals surface area contributed by atoms with Crippen molar-refractivity contribution in [2.24, 2.45) is 0 Å². The third kappa shape index (κ3) is 4.19. The first-order valence-corrected chi connectivity index (χ1v) is 5.79. The van der Waals surface area contributed by atoms with E-state index in [0.29, 0.717) is 11.4 Å². The van der Waals surface area contributed by atoms with Crippen LogP contribution in [0.4, 0.5) is 4.39 Å². The molecule has 0 fully saturated rings. The fraction of sp³-hybridized carbons (Fsp3) is 0.417. The first-order chi connectivity index (χ1) is 7.65. The van der Waals surface area contributed by atoms with Crippen LogP contribution in [0.15, 0.2) is 24.3 Å². The number of halogens is 2. The summed E-state index contributed by atoms with van der Waals surface area (Å²) in [5.41, 5.74) is 0.668. The van der Waals surface area contributed by atoms with E-state index in [0.717, 1.165) is 6.42 Å². The number of hydrogen-bond donors (Lipinski definition) is 1. The van der Waals surface area contributed by atoms with E-state index < -0.39 is 0 Å².